The molecule has 3 nitrogen and oxygen atoms in total. The molecule has 0 atom stereocenters. The Balaban J connectivity index is 2.18. The molecule has 4 heteroatoms. The molecule has 2 N–H and O–H groups in total. The van der Waals surface area contributed by atoms with Crippen LogP contribution in [0.2, 0.25) is 0 Å². The first-order chi connectivity index (χ1) is 7.97. The number of amides is 1. The van der Waals surface area contributed by atoms with E-state index in [1.165, 1.54) is 11.8 Å². The highest BCUT2D eigenvalue weighted by Crippen LogP contribution is 2.16. The molecule has 0 aliphatic rings. The number of hydrogen-bond acceptors (Lipinski definition) is 3. The number of carbonyl (C=O) groups is 1. The van der Waals surface area contributed by atoms with Crippen LogP contribution in [0.3, 0.4) is 0 Å². The first-order valence-corrected chi connectivity index (χ1v) is 6.55. The maximum absolute atomic E-state index is 11.6. The molecule has 94 valence electrons. The zero-order valence-corrected chi connectivity index (χ0v) is 11.4. The fourth-order valence-electron chi connectivity index (χ4n) is 1.23. The minimum atomic E-state index is -0.00749. The van der Waals surface area contributed by atoms with Crippen molar-refractivity contribution in [2.45, 2.75) is 31.2 Å². The Morgan fingerprint density at radius 1 is 1.18 bits per heavy atom. The summed E-state index contributed by atoms with van der Waals surface area (Å²) in [6, 6.07) is 9.65. The molecule has 0 saturated heterocycles. The summed E-state index contributed by atoms with van der Waals surface area (Å²) in [7, 11) is 0. The molecule has 1 rings (SSSR count). The lowest BCUT2D eigenvalue weighted by Crippen LogP contribution is -2.40. The summed E-state index contributed by atoms with van der Waals surface area (Å²) in [4.78, 5) is 12.5. The topological polar surface area (TPSA) is 41.1 Å². The van der Waals surface area contributed by atoms with Crippen molar-refractivity contribution >= 4 is 17.0 Å². The van der Waals surface area contributed by atoms with Gasteiger partial charge < -0.3 is 10.6 Å². The first-order valence-electron chi connectivity index (χ1n) is 5.73. The lowest BCUT2D eigenvalue weighted by Gasteiger charge is -2.20. The molecule has 0 fully saturated rings. The van der Waals surface area contributed by atoms with Gasteiger partial charge in [0.15, 0.2) is 0 Å². The normalized spacial score (nSPS) is 11.2. The van der Waals surface area contributed by atoms with Crippen molar-refractivity contribution < 1.29 is 4.79 Å². The second kappa shape index (κ2) is 6.67. The average molecular weight is 252 g/mol. The van der Waals surface area contributed by atoms with Gasteiger partial charge in [0.05, 0.1) is 0 Å². The van der Waals surface area contributed by atoms with Crippen molar-refractivity contribution in [1.82, 2.24) is 10.6 Å². The third-order valence-electron chi connectivity index (χ3n) is 2.00. The minimum absolute atomic E-state index is 0.00749. The van der Waals surface area contributed by atoms with Crippen molar-refractivity contribution in [2.24, 2.45) is 0 Å². The molecule has 1 aromatic rings. The van der Waals surface area contributed by atoms with E-state index in [1.54, 1.807) is 0 Å². The fourth-order valence-corrected chi connectivity index (χ4v) is 1.92. The molecule has 0 spiro atoms. The summed E-state index contributed by atoms with van der Waals surface area (Å²) < 4.78 is 0. The van der Waals surface area contributed by atoms with Crippen molar-refractivity contribution in [2.75, 3.05) is 13.1 Å². The van der Waals surface area contributed by atoms with Gasteiger partial charge in [-0.3, -0.25) is 4.79 Å². The lowest BCUT2D eigenvalue weighted by atomic mass is 10.1. The van der Waals surface area contributed by atoms with Crippen LogP contribution in [0.1, 0.15) is 20.8 Å². The molecule has 0 saturated carbocycles. The van der Waals surface area contributed by atoms with E-state index in [4.69, 9.17) is 0 Å². The highest BCUT2D eigenvalue weighted by atomic mass is 32.2. The van der Waals surface area contributed by atoms with Crippen LogP contribution in [0.15, 0.2) is 35.2 Å². The number of carbonyl (C=O) groups excluding carboxylic acids is 1. The van der Waals surface area contributed by atoms with Gasteiger partial charge in [0.2, 0.25) is 0 Å². The van der Waals surface area contributed by atoms with Gasteiger partial charge in [0, 0.05) is 23.5 Å². The predicted octanol–water partition coefficient (Wildman–Crippen LogP) is 2.88. The van der Waals surface area contributed by atoms with Crippen molar-refractivity contribution in [3.8, 4) is 0 Å². The molecule has 1 aromatic carbocycles. The summed E-state index contributed by atoms with van der Waals surface area (Å²) in [5.41, 5.74) is 0.0945. The summed E-state index contributed by atoms with van der Waals surface area (Å²) >= 11 is 1.22. The number of nitrogens with one attached hydrogen (secondary N) is 2. The third kappa shape index (κ3) is 7.02. The van der Waals surface area contributed by atoms with E-state index in [1.807, 2.05) is 30.3 Å². The van der Waals surface area contributed by atoms with Gasteiger partial charge in [-0.05, 0) is 44.7 Å². The molecule has 0 radical (unpaired) electrons. The van der Waals surface area contributed by atoms with Crippen LogP contribution in [-0.2, 0) is 0 Å². The number of thioether (sulfide) groups is 1. The molecule has 0 bridgehead atoms. The van der Waals surface area contributed by atoms with E-state index in [-0.39, 0.29) is 10.8 Å². The smallest absolute Gasteiger partial charge is 0.283 e. The van der Waals surface area contributed by atoms with Crippen LogP contribution in [0, 0.1) is 0 Å². The van der Waals surface area contributed by atoms with Crippen LogP contribution in [-0.4, -0.2) is 23.9 Å². The van der Waals surface area contributed by atoms with Gasteiger partial charge >= 0.3 is 0 Å². The van der Waals surface area contributed by atoms with Gasteiger partial charge in [-0.15, -0.1) is 0 Å². The Morgan fingerprint density at radius 2 is 1.82 bits per heavy atom. The largest absolute Gasteiger partial charge is 0.345 e. The Morgan fingerprint density at radius 3 is 2.41 bits per heavy atom. The summed E-state index contributed by atoms with van der Waals surface area (Å²) in [5.74, 6) is 0. The van der Waals surface area contributed by atoms with Crippen molar-refractivity contribution in [3.63, 3.8) is 0 Å². The van der Waals surface area contributed by atoms with Crippen molar-refractivity contribution in [3.05, 3.63) is 30.3 Å². The molecule has 0 aliphatic heterocycles. The third-order valence-corrected chi connectivity index (χ3v) is 2.84. The van der Waals surface area contributed by atoms with Crippen LogP contribution >= 0.6 is 11.8 Å². The van der Waals surface area contributed by atoms with Gasteiger partial charge in [-0.1, -0.05) is 18.2 Å². The number of hydrogen-bond donors (Lipinski definition) is 2. The number of rotatable bonds is 4. The fraction of sp³-hybridized carbons (Fsp3) is 0.462. The molecule has 0 aromatic heterocycles. The first kappa shape index (κ1) is 14.1. The molecule has 17 heavy (non-hydrogen) atoms. The second-order valence-corrected chi connectivity index (χ2v) is 5.85. The second-order valence-electron chi connectivity index (χ2n) is 4.81. The van der Waals surface area contributed by atoms with Crippen LogP contribution in [0.4, 0.5) is 4.79 Å². The van der Waals surface area contributed by atoms with E-state index < -0.39 is 0 Å². The van der Waals surface area contributed by atoms with E-state index in [0.29, 0.717) is 6.54 Å². The van der Waals surface area contributed by atoms with Gasteiger partial charge in [0.25, 0.3) is 5.24 Å². The SMILES string of the molecule is CC(C)(C)NCCNC(=O)Sc1ccccc1. The predicted molar refractivity (Wildman–Crippen MR) is 73.5 cm³/mol. The van der Waals surface area contributed by atoms with Gasteiger partial charge in [0.1, 0.15) is 0 Å². The Hall–Kier alpha value is -1.00. The van der Waals surface area contributed by atoms with E-state index >= 15 is 0 Å². The maximum Gasteiger partial charge on any atom is 0.283 e. The van der Waals surface area contributed by atoms with E-state index in [2.05, 4.69) is 31.4 Å². The molecule has 0 unspecified atom stereocenters. The van der Waals surface area contributed by atoms with E-state index in [0.717, 1.165) is 11.4 Å². The highest BCUT2D eigenvalue weighted by molar-refractivity contribution is 8.13. The van der Waals surface area contributed by atoms with Crippen LogP contribution in [0.25, 0.3) is 0 Å². The standard InChI is InChI=1S/C13H20N2OS/c1-13(2,3)15-10-9-14-12(16)17-11-7-5-4-6-8-11/h4-8,15H,9-10H2,1-3H3,(H,14,16). The Kier molecular flexibility index (Phi) is 5.51. The monoisotopic (exact) mass is 252 g/mol. The molecule has 0 aliphatic carbocycles. The summed E-state index contributed by atoms with van der Waals surface area (Å²) in [6.45, 7) is 7.75. The van der Waals surface area contributed by atoms with Crippen LogP contribution in [0.5, 0.6) is 0 Å². The molecular weight excluding hydrogens is 232 g/mol. The van der Waals surface area contributed by atoms with E-state index in [9.17, 15) is 4.79 Å². The van der Waals surface area contributed by atoms with Gasteiger partial charge in [-0.2, -0.15) is 0 Å². The zero-order chi connectivity index (χ0) is 12.7. The maximum atomic E-state index is 11.6. The van der Waals surface area contributed by atoms with Crippen LogP contribution < -0.4 is 10.6 Å². The highest BCUT2D eigenvalue weighted by Gasteiger charge is 2.08. The number of benzene rings is 1. The minimum Gasteiger partial charge on any atom is -0.345 e. The molecule has 1 amide bonds. The van der Waals surface area contributed by atoms with Gasteiger partial charge in [-0.25, -0.2) is 0 Å². The summed E-state index contributed by atoms with van der Waals surface area (Å²) in [5, 5.41) is 6.17. The lowest BCUT2D eigenvalue weighted by molar-refractivity contribution is 0.260. The summed E-state index contributed by atoms with van der Waals surface area (Å²) in [6.07, 6.45) is 0. The van der Waals surface area contributed by atoms with Crippen molar-refractivity contribution in [1.29, 1.82) is 0 Å². The molecular formula is C13H20N2OS. The average Bonchev–Trinajstić information content (AvgIpc) is 2.25. The quantitative estimate of drug-likeness (QED) is 0.639. The zero-order valence-electron chi connectivity index (χ0n) is 10.6. The Labute approximate surface area is 107 Å². The Bertz CT molecular complexity index is 346. The molecule has 0 heterocycles.